The molecule has 0 amide bonds. The van der Waals surface area contributed by atoms with Gasteiger partial charge in [0, 0.05) is 24.0 Å². The molecule has 94 valence electrons. The lowest BCUT2D eigenvalue weighted by atomic mass is 9.74. The Morgan fingerprint density at radius 3 is 2.71 bits per heavy atom. The third kappa shape index (κ3) is 1.93. The number of nitrogens with zero attached hydrogens (tertiary/aromatic N) is 1. The summed E-state index contributed by atoms with van der Waals surface area (Å²) in [6, 6.07) is 3.27. The van der Waals surface area contributed by atoms with Crippen molar-refractivity contribution in [2.24, 2.45) is 11.1 Å². The first kappa shape index (κ1) is 11.3. The van der Waals surface area contributed by atoms with Crippen molar-refractivity contribution in [1.29, 1.82) is 0 Å². The summed E-state index contributed by atoms with van der Waals surface area (Å²) < 4.78 is 2.54. The van der Waals surface area contributed by atoms with Gasteiger partial charge < -0.3 is 10.3 Å². The van der Waals surface area contributed by atoms with Crippen LogP contribution in [0.1, 0.15) is 69.3 Å². The molecule has 1 atom stereocenters. The zero-order valence-electron chi connectivity index (χ0n) is 11.1. The molecule has 0 aromatic carbocycles. The molecule has 2 aliphatic carbocycles. The van der Waals surface area contributed by atoms with Crippen LogP contribution in [0.5, 0.6) is 0 Å². The SMILES string of the molecule is CC1(C)Cc2c(ccn2C2CCCC2)C(N)C1. The van der Waals surface area contributed by atoms with Gasteiger partial charge in [-0.05, 0) is 42.7 Å². The van der Waals surface area contributed by atoms with E-state index in [4.69, 9.17) is 5.73 Å². The van der Waals surface area contributed by atoms with E-state index in [-0.39, 0.29) is 6.04 Å². The Hall–Kier alpha value is -0.760. The average molecular weight is 232 g/mol. The molecular weight excluding hydrogens is 208 g/mol. The number of fused-ring (bicyclic) bond motifs is 1. The van der Waals surface area contributed by atoms with E-state index in [9.17, 15) is 0 Å². The molecule has 1 saturated carbocycles. The predicted molar refractivity (Wildman–Crippen MR) is 71.0 cm³/mol. The highest BCUT2D eigenvalue weighted by atomic mass is 15.0. The molecule has 0 spiro atoms. The first-order valence-corrected chi connectivity index (χ1v) is 7.02. The standard InChI is InChI=1S/C15H24N2/c1-15(2)9-13(16)12-7-8-17(14(12)10-15)11-5-3-4-6-11/h7-8,11,13H,3-6,9-10,16H2,1-2H3. The largest absolute Gasteiger partial charge is 0.348 e. The molecule has 1 fully saturated rings. The molecule has 2 aliphatic rings. The average Bonchev–Trinajstić information content (AvgIpc) is 2.82. The highest BCUT2D eigenvalue weighted by Crippen LogP contribution is 2.42. The molecule has 2 heteroatoms. The number of hydrogen-bond acceptors (Lipinski definition) is 1. The van der Waals surface area contributed by atoms with Gasteiger partial charge in [0.2, 0.25) is 0 Å². The van der Waals surface area contributed by atoms with Crippen LogP contribution in [0.15, 0.2) is 12.3 Å². The molecule has 1 aromatic heterocycles. The molecule has 0 aliphatic heterocycles. The van der Waals surface area contributed by atoms with Crippen LogP contribution in [0.25, 0.3) is 0 Å². The summed E-state index contributed by atoms with van der Waals surface area (Å²) in [5.41, 5.74) is 9.62. The van der Waals surface area contributed by atoms with E-state index < -0.39 is 0 Å². The van der Waals surface area contributed by atoms with Gasteiger partial charge in [-0.25, -0.2) is 0 Å². The monoisotopic (exact) mass is 232 g/mol. The molecule has 0 bridgehead atoms. The van der Waals surface area contributed by atoms with Gasteiger partial charge in [-0.1, -0.05) is 26.7 Å². The maximum atomic E-state index is 6.32. The zero-order chi connectivity index (χ0) is 12.0. The van der Waals surface area contributed by atoms with Crippen molar-refractivity contribution in [3.63, 3.8) is 0 Å². The third-order valence-corrected chi connectivity index (χ3v) is 4.60. The van der Waals surface area contributed by atoms with E-state index in [1.54, 1.807) is 0 Å². The van der Waals surface area contributed by atoms with E-state index in [0.29, 0.717) is 5.41 Å². The van der Waals surface area contributed by atoms with Crippen LogP contribution in [-0.2, 0) is 6.42 Å². The lowest BCUT2D eigenvalue weighted by Gasteiger charge is -2.35. The van der Waals surface area contributed by atoms with Gasteiger partial charge in [0.05, 0.1) is 0 Å². The molecule has 17 heavy (non-hydrogen) atoms. The summed E-state index contributed by atoms with van der Waals surface area (Å²) >= 11 is 0. The lowest BCUT2D eigenvalue weighted by Crippen LogP contribution is -2.30. The second kappa shape index (κ2) is 3.88. The van der Waals surface area contributed by atoms with Crippen molar-refractivity contribution < 1.29 is 0 Å². The first-order chi connectivity index (χ1) is 8.07. The maximum absolute atomic E-state index is 6.32. The van der Waals surface area contributed by atoms with E-state index >= 15 is 0 Å². The molecule has 3 rings (SSSR count). The van der Waals surface area contributed by atoms with E-state index in [1.165, 1.54) is 43.4 Å². The number of rotatable bonds is 1. The topological polar surface area (TPSA) is 30.9 Å². The second-order valence-electron chi connectivity index (χ2n) is 6.71. The van der Waals surface area contributed by atoms with Crippen LogP contribution in [-0.4, -0.2) is 4.57 Å². The second-order valence-corrected chi connectivity index (χ2v) is 6.71. The molecule has 1 unspecified atom stereocenters. The Balaban J connectivity index is 1.98. The van der Waals surface area contributed by atoms with Gasteiger partial charge in [-0.3, -0.25) is 0 Å². The molecule has 0 saturated heterocycles. The Kier molecular flexibility index (Phi) is 2.58. The smallest absolute Gasteiger partial charge is 0.0333 e. The molecule has 2 N–H and O–H groups in total. The Morgan fingerprint density at radius 2 is 2.00 bits per heavy atom. The van der Waals surface area contributed by atoms with Crippen LogP contribution in [0.3, 0.4) is 0 Å². The Morgan fingerprint density at radius 1 is 1.29 bits per heavy atom. The minimum atomic E-state index is 0.247. The van der Waals surface area contributed by atoms with Crippen molar-refractivity contribution in [2.45, 2.75) is 64.5 Å². The number of aromatic nitrogens is 1. The van der Waals surface area contributed by atoms with Gasteiger partial charge >= 0.3 is 0 Å². The fourth-order valence-corrected chi connectivity index (χ4v) is 3.78. The van der Waals surface area contributed by atoms with E-state index in [0.717, 1.165) is 12.5 Å². The van der Waals surface area contributed by atoms with E-state index in [1.807, 2.05) is 0 Å². The van der Waals surface area contributed by atoms with Crippen LogP contribution in [0, 0.1) is 5.41 Å². The fraction of sp³-hybridized carbons (Fsp3) is 0.733. The summed E-state index contributed by atoms with van der Waals surface area (Å²) in [5, 5.41) is 0. The summed E-state index contributed by atoms with van der Waals surface area (Å²) in [6.07, 6.45) is 10.1. The summed E-state index contributed by atoms with van der Waals surface area (Å²) in [7, 11) is 0. The molecule has 0 radical (unpaired) electrons. The van der Waals surface area contributed by atoms with Crippen molar-refractivity contribution in [2.75, 3.05) is 0 Å². The summed E-state index contributed by atoms with van der Waals surface area (Å²) in [4.78, 5) is 0. The fourth-order valence-electron chi connectivity index (χ4n) is 3.78. The van der Waals surface area contributed by atoms with E-state index in [2.05, 4.69) is 30.7 Å². The predicted octanol–water partition coefficient (Wildman–Crippen LogP) is 3.58. The lowest BCUT2D eigenvalue weighted by molar-refractivity contribution is 0.271. The normalized spacial score (nSPS) is 28.3. The number of nitrogens with two attached hydrogens (primary N) is 1. The molecule has 1 aromatic rings. The minimum absolute atomic E-state index is 0.247. The van der Waals surface area contributed by atoms with Crippen molar-refractivity contribution in [3.05, 3.63) is 23.5 Å². The minimum Gasteiger partial charge on any atom is -0.348 e. The Labute approximate surface area is 104 Å². The highest BCUT2D eigenvalue weighted by Gasteiger charge is 2.33. The van der Waals surface area contributed by atoms with Gasteiger partial charge in [0.1, 0.15) is 0 Å². The van der Waals surface area contributed by atoms with Crippen LogP contribution >= 0.6 is 0 Å². The van der Waals surface area contributed by atoms with Gasteiger partial charge in [0.25, 0.3) is 0 Å². The molecule has 2 nitrogen and oxygen atoms in total. The van der Waals surface area contributed by atoms with Gasteiger partial charge in [0.15, 0.2) is 0 Å². The maximum Gasteiger partial charge on any atom is 0.0333 e. The van der Waals surface area contributed by atoms with Crippen LogP contribution in [0.2, 0.25) is 0 Å². The number of hydrogen-bond donors (Lipinski definition) is 1. The first-order valence-electron chi connectivity index (χ1n) is 7.02. The summed E-state index contributed by atoms with van der Waals surface area (Å²) in [6.45, 7) is 4.70. The van der Waals surface area contributed by atoms with Crippen LogP contribution < -0.4 is 5.73 Å². The Bertz CT molecular complexity index is 411. The van der Waals surface area contributed by atoms with Gasteiger partial charge in [-0.15, -0.1) is 0 Å². The zero-order valence-corrected chi connectivity index (χ0v) is 11.1. The van der Waals surface area contributed by atoms with Crippen molar-refractivity contribution >= 4 is 0 Å². The third-order valence-electron chi connectivity index (χ3n) is 4.60. The molecule has 1 heterocycles. The summed E-state index contributed by atoms with van der Waals surface area (Å²) in [5.74, 6) is 0. The van der Waals surface area contributed by atoms with Crippen molar-refractivity contribution in [1.82, 2.24) is 4.57 Å². The van der Waals surface area contributed by atoms with Crippen molar-refractivity contribution in [3.8, 4) is 0 Å². The molecular formula is C15H24N2. The van der Waals surface area contributed by atoms with Gasteiger partial charge in [-0.2, -0.15) is 0 Å². The van der Waals surface area contributed by atoms with Crippen LogP contribution in [0.4, 0.5) is 0 Å². The quantitative estimate of drug-likeness (QED) is 0.788. The highest BCUT2D eigenvalue weighted by molar-refractivity contribution is 5.30.